The first-order chi connectivity index (χ1) is 6.77. The van der Waals surface area contributed by atoms with Gasteiger partial charge in [0, 0.05) is 13.2 Å². The molecule has 1 aliphatic carbocycles. The Labute approximate surface area is 82.7 Å². The molecular weight excluding hydrogens is 182 g/mol. The van der Waals surface area contributed by atoms with Crippen LogP contribution < -0.4 is 0 Å². The number of hydrogen-bond acceptors (Lipinski definition) is 4. The zero-order chi connectivity index (χ0) is 10.1. The van der Waals surface area contributed by atoms with E-state index in [1.165, 1.54) is 0 Å². The van der Waals surface area contributed by atoms with Crippen molar-refractivity contribution in [2.75, 3.05) is 7.11 Å². The molecule has 0 amide bonds. The van der Waals surface area contributed by atoms with Crippen molar-refractivity contribution in [2.24, 2.45) is 0 Å². The van der Waals surface area contributed by atoms with E-state index in [0.717, 1.165) is 18.7 Å². The van der Waals surface area contributed by atoms with Gasteiger partial charge in [-0.15, -0.1) is 10.2 Å². The van der Waals surface area contributed by atoms with Gasteiger partial charge in [-0.1, -0.05) is 0 Å². The Morgan fingerprint density at radius 2 is 2.29 bits per heavy atom. The van der Waals surface area contributed by atoms with E-state index in [2.05, 4.69) is 10.2 Å². The third-order valence-electron chi connectivity index (χ3n) is 2.56. The molecule has 1 aromatic heterocycles. The van der Waals surface area contributed by atoms with Gasteiger partial charge >= 0.3 is 0 Å². The molecule has 0 bridgehead atoms. The van der Waals surface area contributed by atoms with Gasteiger partial charge < -0.3 is 14.4 Å². The SMILES string of the molecule is COC(C)c1nnc(CO)n1C1CC1. The number of ether oxygens (including phenoxy) is 1. The van der Waals surface area contributed by atoms with Gasteiger partial charge in [-0.3, -0.25) is 0 Å². The lowest BCUT2D eigenvalue weighted by Gasteiger charge is -2.11. The van der Waals surface area contributed by atoms with E-state index >= 15 is 0 Å². The van der Waals surface area contributed by atoms with Gasteiger partial charge in [0.2, 0.25) is 0 Å². The monoisotopic (exact) mass is 197 g/mol. The molecule has 1 aliphatic rings. The highest BCUT2D eigenvalue weighted by molar-refractivity contribution is 5.04. The lowest BCUT2D eigenvalue weighted by atomic mass is 10.3. The molecule has 2 rings (SSSR count). The maximum atomic E-state index is 9.10. The third kappa shape index (κ3) is 1.53. The highest BCUT2D eigenvalue weighted by Crippen LogP contribution is 2.37. The molecule has 1 N–H and O–H groups in total. The summed E-state index contributed by atoms with van der Waals surface area (Å²) in [5, 5.41) is 17.1. The molecule has 14 heavy (non-hydrogen) atoms. The summed E-state index contributed by atoms with van der Waals surface area (Å²) >= 11 is 0. The molecule has 0 spiro atoms. The van der Waals surface area contributed by atoms with E-state index in [0.29, 0.717) is 11.9 Å². The molecule has 5 nitrogen and oxygen atoms in total. The molecule has 1 fully saturated rings. The van der Waals surface area contributed by atoms with Crippen LogP contribution in [0.3, 0.4) is 0 Å². The maximum absolute atomic E-state index is 9.10. The van der Waals surface area contributed by atoms with Crippen molar-refractivity contribution in [3.05, 3.63) is 11.6 Å². The number of aliphatic hydroxyl groups excluding tert-OH is 1. The molecule has 1 atom stereocenters. The fraction of sp³-hybridized carbons (Fsp3) is 0.778. The number of hydrogen-bond donors (Lipinski definition) is 1. The van der Waals surface area contributed by atoms with Crippen LogP contribution in [0, 0.1) is 0 Å². The Balaban J connectivity index is 2.33. The van der Waals surface area contributed by atoms with Gasteiger partial charge in [-0.25, -0.2) is 0 Å². The second kappa shape index (κ2) is 3.67. The van der Waals surface area contributed by atoms with Crippen LogP contribution in [0.2, 0.25) is 0 Å². The largest absolute Gasteiger partial charge is 0.388 e. The molecule has 1 saturated carbocycles. The zero-order valence-corrected chi connectivity index (χ0v) is 8.47. The maximum Gasteiger partial charge on any atom is 0.162 e. The number of nitrogens with zero attached hydrogens (tertiary/aromatic N) is 3. The summed E-state index contributed by atoms with van der Waals surface area (Å²) in [6.45, 7) is 1.88. The van der Waals surface area contributed by atoms with Crippen LogP contribution in [0.4, 0.5) is 0 Å². The third-order valence-corrected chi connectivity index (χ3v) is 2.56. The average Bonchev–Trinajstić information content (AvgIpc) is 2.96. The first-order valence-electron chi connectivity index (χ1n) is 4.85. The molecular formula is C9H15N3O2. The van der Waals surface area contributed by atoms with Crippen molar-refractivity contribution in [2.45, 2.75) is 38.5 Å². The Kier molecular flexibility index (Phi) is 2.52. The summed E-state index contributed by atoms with van der Waals surface area (Å²) in [6, 6.07) is 0.472. The van der Waals surface area contributed by atoms with Crippen LogP contribution >= 0.6 is 0 Å². The summed E-state index contributed by atoms with van der Waals surface area (Å²) in [7, 11) is 1.65. The minimum atomic E-state index is -0.0663. The molecule has 5 heteroatoms. The molecule has 78 valence electrons. The summed E-state index contributed by atoms with van der Waals surface area (Å²) in [5.74, 6) is 1.46. The molecule has 1 aromatic rings. The molecule has 0 radical (unpaired) electrons. The Morgan fingerprint density at radius 1 is 1.57 bits per heavy atom. The smallest absolute Gasteiger partial charge is 0.162 e. The Hall–Kier alpha value is -0.940. The summed E-state index contributed by atoms with van der Waals surface area (Å²) in [5.41, 5.74) is 0. The standard InChI is InChI=1S/C9H15N3O2/c1-6(14-2)9-11-10-8(5-13)12(9)7-3-4-7/h6-7,13H,3-5H2,1-2H3. The lowest BCUT2D eigenvalue weighted by Crippen LogP contribution is -2.09. The predicted molar refractivity (Wildman–Crippen MR) is 49.6 cm³/mol. The van der Waals surface area contributed by atoms with Crippen molar-refractivity contribution in [1.82, 2.24) is 14.8 Å². The minimum Gasteiger partial charge on any atom is -0.388 e. The minimum absolute atomic E-state index is 0.0556. The van der Waals surface area contributed by atoms with Crippen LogP contribution in [0.25, 0.3) is 0 Å². The summed E-state index contributed by atoms with van der Waals surface area (Å²) < 4.78 is 7.22. The molecule has 1 heterocycles. The van der Waals surface area contributed by atoms with E-state index in [4.69, 9.17) is 9.84 Å². The van der Waals surface area contributed by atoms with Crippen LogP contribution in [0.5, 0.6) is 0 Å². The van der Waals surface area contributed by atoms with Gasteiger partial charge in [0.05, 0.1) is 0 Å². The Morgan fingerprint density at radius 3 is 2.79 bits per heavy atom. The van der Waals surface area contributed by atoms with Crippen molar-refractivity contribution < 1.29 is 9.84 Å². The predicted octanol–water partition coefficient (Wildman–Crippen LogP) is 0.813. The van der Waals surface area contributed by atoms with Crippen molar-refractivity contribution in [3.63, 3.8) is 0 Å². The molecule has 1 unspecified atom stereocenters. The van der Waals surface area contributed by atoms with E-state index < -0.39 is 0 Å². The van der Waals surface area contributed by atoms with Crippen molar-refractivity contribution in [3.8, 4) is 0 Å². The number of rotatable bonds is 4. The molecule has 0 aliphatic heterocycles. The highest BCUT2D eigenvalue weighted by Gasteiger charge is 2.30. The normalized spacial score (nSPS) is 18.5. The highest BCUT2D eigenvalue weighted by atomic mass is 16.5. The Bertz CT molecular complexity index is 320. The zero-order valence-electron chi connectivity index (χ0n) is 8.47. The fourth-order valence-electron chi connectivity index (χ4n) is 1.56. The molecule has 0 aromatic carbocycles. The van der Waals surface area contributed by atoms with E-state index in [1.807, 2.05) is 11.5 Å². The van der Waals surface area contributed by atoms with Crippen LogP contribution in [-0.2, 0) is 11.3 Å². The van der Waals surface area contributed by atoms with E-state index in [-0.39, 0.29) is 12.7 Å². The number of methoxy groups -OCH3 is 1. The lowest BCUT2D eigenvalue weighted by molar-refractivity contribution is 0.108. The summed E-state index contributed by atoms with van der Waals surface area (Å²) in [6.07, 6.45) is 2.23. The summed E-state index contributed by atoms with van der Waals surface area (Å²) in [4.78, 5) is 0. The fourth-order valence-corrected chi connectivity index (χ4v) is 1.56. The number of aromatic nitrogens is 3. The van der Waals surface area contributed by atoms with Crippen molar-refractivity contribution >= 4 is 0 Å². The van der Waals surface area contributed by atoms with Gasteiger partial charge in [0.15, 0.2) is 11.6 Å². The van der Waals surface area contributed by atoms with E-state index in [9.17, 15) is 0 Å². The number of aliphatic hydroxyl groups is 1. The van der Waals surface area contributed by atoms with Crippen LogP contribution in [0.1, 0.15) is 43.6 Å². The second-order valence-corrected chi connectivity index (χ2v) is 3.61. The quantitative estimate of drug-likeness (QED) is 0.776. The van der Waals surface area contributed by atoms with Gasteiger partial charge in [-0.05, 0) is 19.8 Å². The molecule has 0 saturated heterocycles. The van der Waals surface area contributed by atoms with Crippen LogP contribution in [0.15, 0.2) is 0 Å². The second-order valence-electron chi connectivity index (χ2n) is 3.61. The first-order valence-corrected chi connectivity index (χ1v) is 4.85. The average molecular weight is 197 g/mol. The first kappa shape index (κ1) is 9.61. The van der Waals surface area contributed by atoms with Gasteiger partial charge in [0.1, 0.15) is 12.7 Å². The van der Waals surface area contributed by atoms with Gasteiger partial charge in [0.25, 0.3) is 0 Å². The topological polar surface area (TPSA) is 60.2 Å². The van der Waals surface area contributed by atoms with Crippen molar-refractivity contribution in [1.29, 1.82) is 0 Å². The van der Waals surface area contributed by atoms with Gasteiger partial charge in [-0.2, -0.15) is 0 Å². The van der Waals surface area contributed by atoms with E-state index in [1.54, 1.807) is 7.11 Å². The van der Waals surface area contributed by atoms with Crippen LogP contribution in [-0.4, -0.2) is 27.0 Å².